The molecule has 2 aliphatic heterocycles. The van der Waals surface area contributed by atoms with E-state index in [4.69, 9.17) is 130 Å². The van der Waals surface area contributed by atoms with Crippen LogP contribution in [-0.4, -0.2) is 242 Å². The van der Waals surface area contributed by atoms with E-state index >= 15 is 0 Å². The van der Waals surface area contributed by atoms with Gasteiger partial charge in [-0.1, -0.05) is 110 Å². The smallest absolute Gasteiger partial charge is 0.465 e. The molecule has 0 aromatic heterocycles. The first-order valence-electron chi connectivity index (χ1n) is 34.4. The van der Waals surface area contributed by atoms with Crippen LogP contribution in [0.1, 0.15) is 141 Å². The number of carbonyl (C=O) groups excluding carboxylic acids is 12. The van der Waals surface area contributed by atoms with E-state index in [0.717, 1.165) is 18.4 Å². The van der Waals surface area contributed by atoms with Gasteiger partial charge in [-0.25, -0.2) is 28.8 Å². The highest BCUT2D eigenvalue weighted by Gasteiger charge is 2.43. The molecule has 3 atom stereocenters. The van der Waals surface area contributed by atoms with Gasteiger partial charge in [0.05, 0.1) is 66.7 Å². The Morgan fingerprint density at radius 1 is 0.482 bits per heavy atom. The number of aliphatic hydroxyl groups is 4. The molecule has 0 amide bonds. The van der Waals surface area contributed by atoms with Crippen molar-refractivity contribution in [1.29, 1.82) is 0 Å². The summed E-state index contributed by atoms with van der Waals surface area (Å²) in [5, 5.41) is 35.7. The number of ketones is 1. The summed E-state index contributed by atoms with van der Waals surface area (Å²) in [7, 11) is 0. The molecule has 2 aromatic carbocycles. The SMILES string of the molecule is C.C.C.CC(CO)(CO)C(=O)OCc1ccccc1.CC(COC(=O)OCCCO)(COC(=O)OCC(COC(=O)OCC(C)(COC(=O)OCCCO)C(=O)OCCCCl)C(=O)OCc1ccccc1)C(=O)OCCCCl.CC1(C(=O)OCCCCl)COC(=O)OC1.CCC.O=C1OCCCO1.[3H]C(Cl)C(=O)CCC. The fraction of sp³-hybridized carbons (Fsp3) is 0.671. The summed E-state index contributed by atoms with van der Waals surface area (Å²) in [5.74, 6) is -5.74. The normalized spacial score (nSPS) is 13.7. The van der Waals surface area contributed by atoms with Crippen molar-refractivity contribution < 1.29 is 160 Å². The molecule has 37 heteroatoms. The molecular weight excluding hydrogens is 1550 g/mol. The number of alkyl halides is 4. The number of benzene rings is 2. The molecule has 0 radical (unpaired) electrons. The predicted molar refractivity (Wildman–Crippen MR) is 400 cm³/mol. The zero-order valence-electron chi connectivity index (χ0n) is 62.4. The highest BCUT2D eigenvalue weighted by atomic mass is 35.5. The maximum absolute atomic E-state index is 13.1. The van der Waals surface area contributed by atoms with Crippen LogP contribution in [0.25, 0.3) is 0 Å². The molecule has 2 heterocycles. The molecule has 2 aliphatic rings. The van der Waals surface area contributed by atoms with Crippen LogP contribution in [-0.2, 0) is 123 Å². The summed E-state index contributed by atoms with van der Waals surface area (Å²) in [4.78, 5) is 142. The Bertz CT molecular complexity index is 2780. The largest absolute Gasteiger partial charge is 0.508 e. The second kappa shape index (κ2) is 67.9. The van der Waals surface area contributed by atoms with Gasteiger partial charge in [-0.3, -0.25) is 28.8 Å². The fourth-order valence-corrected chi connectivity index (χ4v) is 7.21. The molecule has 3 unspecified atom stereocenters. The van der Waals surface area contributed by atoms with Gasteiger partial charge in [0.2, 0.25) is 0 Å². The quantitative estimate of drug-likeness (QED) is 0.0208. The minimum absolute atomic E-state index is 0. The van der Waals surface area contributed by atoms with E-state index in [0.29, 0.717) is 50.3 Å². The zero-order chi connectivity index (χ0) is 81.7. The van der Waals surface area contributed by atoms with Crippen molar-refractivity contribution in [1.82, 2.24) is 0 Å². The zero-order valence-corrected chi connectivity index (χ0v) is 64.4. The number of rotatable bonds is 41. The maximum atomic E-state index is 13.1. The summed E-state index contributed by atoms with van der Waals surface area (Å²) >= 11 is 21.9. The van der Waals surface area contributed by atoms with Gasteiger partial charge in [0, 0.05) is 56.5 Å². The Hall–Kier alpha value is -7.92. The Morgan fingerprint density at radius 2 is 0.827 bits per heavy atom. The minimum atomic E-state index is -1.77. The number of cyclic esters (lactones) is 4. The van der Waals surface area contributed by atoms with Crippen molar-refractivity contribution in [2.45, 2.75) is 142 Å². The number of hydrogen-bond donors (Lipinski definition) is 4. The third-order valence-corrected chi connectivity index (χ3v) is 14.3. The number of aliphatic hydroxyl groups excluding tert-OH is 4. The van der Waals surface area contributed by atoms with E-state index in [2.05, 4.69) is 32.8 Å². The first-order chi connectivity index (χ1) is 51.4. The molecule has 2 fully saturated rings. The van der Waals surface area contributed by atoms with Gasteiger partial charge in [0.1, 0.15) is 99.4 Å². The van der Waals surface area contributed by atoms with Crippen molar-refractivity contribution >= 4 is 119 Å². The van der Waals surface area contributed by atoms with Gasteiger partial charge in [0.25, 0.3) is 0 Å². The van der Waals surface area contributed by atoms with Crippen molar-refractivity contribution in [3.8, 4) is 0 Å². The Kier molecular flexibility index (Phi) is 67.0. The molecule has 0 bridgehead atoms. The van der Waals surface area contributed by atoms with Crippen molar-refractivity contribution in [3.05, 3.63) is 71.8 Å². The van der Waals surface area contributed by atoms with Crippen LogP contribution in [0.15, 0.2) is 60.7 Å². The van der Waals surface area contributed by atoms with Crippen LogP contribution in [0.2, 0.25) is 0 Å². The van der Waals surface area contributed by atoms with Crippen molar-refractivity contribution in [3.63, 3.8) is 0 Å². The Morgan fingerprint density at radius 3 is 1.15 bits per heavy atom. The molecule has 110 heavy (non-hydrogen) atoms. The second-order valence-corrected chi connectivity index (χ2v) is 25.1. The predicted octanol–water partition coefficient (Wildman–Crippen LogP) is 11.6. The standard InChI is InChI=1S/C37H52Cl2O20.C12H16O4.C9H13ClO5.C5H9ClO.C4H6O3.C3H8.3CH4/c1-36(30(43)49-16-6-12-38,23-56-32(45)51-18-8-14-40)25-58-34(47)54-21-28(29(42)53-20-27-10-4-3-5-11-27)22-55-35(48)59-26-37(2,31(44)50-17-7-13-39)24-57-33(46)52-19-9-15-41;1-12(8-13,9-14)11(15)16-7-10-5-3-2-4-6-10;1-9(5-14-8(12)15-6-9)7(11)13-4-2-3-10;1-2-3-5(7)4-6;5-4-6-2-1-3-7-4;1-3-2;;;/h3-5,10-11,28,40-41H,6-9,12-26H2,1-2H3;2-6,13-14H,7-9H2,1H3;2-6H2,1H3;2-4H2,1H3;1-3H2;3H2,1-2H3;3*1H4/i;;;4T;;;;;. The van der Waals surface area contributed by atoms with Gasteiger partial charge in [-0.2, -0.15) is 0 Å². The molecule has 634 valence electrons. The molecule has 0 saturated carbocycles. The summed E-state index contributed by atoms with van der Waals surface area (Å²) in [6, 6.07) is 17.8. The molecule has 2 aromatic rings. The van der Waals surface area contributed by atoms with E-state index < -0.39 is 153 Å². The summed E-state index contributed by atoms with van der Waals surface area (Å²) < 4.78 is 90.4. The Labute approximate surface area is 665 Å². The van der Waals surface area contributed by atoms with Gasteiger partial charge >= 0.3 is 66.8 Å². The lowest BCUT2D eigenvalue weighted by Gasteiger charge is -2.29. The number of halogens is 4. The molecule has 33 nitrogen and oxygen atoms in total. The Balaban J connectivity index is -0.000000570. The van der Waals surface area contributed by atoms with E-state index in [-0.39, 0.29) is 125 Å². The van der Waals surface area contributed by atoms with Gasteiger partial charge < -0.3 is 101 Å². The molecule has 4 N–H and O–H groups in total. The van der Waals surface area contributed by atoms with Gasteiger partial charge in [-0.05, 0) is 64.5 Å². The maximum Gasteiger partial charge on any atom is 0.508 e. The van der Waals surface area contributed by atoms with Crippen LogP contribution in [0.3, 0.4) is 0 Å². The third kappa shape index (κ3) is 53.1. The lowest BCUT2D eigenvalue weighted by atomic mass is 9.93. The summed E-state index contributed by atoms with van der Waals surface area (Å²) in [5.41, 5.74) is -4.19. The fourth-order valence-electron chi connectivity index (χ4n) is 6.77. The number of carbonyl (C=O) groups is 12. The molecular formula is C73H116Cl4O33. The van der Waals surface area contributed by atoms with Crippen molar-refractivity contribution in [2.75, 3.05) is 149 Å². The van der Waals surface area contributed by atoms with E-state index in [1.807, 2.05) is 37.3 Å². The minimum Gasteiger partial charge on any atom is -0.465 e. The topological polar surface area (TPSA) is 443 Å². The highest BCUT2D eigenvalue weighted by molar-refractivity contribution is 6.27. The highest BCUT2D eigenvalue weighted by Crippen LogP contribution is 2.26. The van der Waals surface area contributed by atoms with Gasteiger partial charge in [-0.15, -0.1) is 46.4 Å². The monoisotopic (exact) mass is 1660 g/mol. The second-order valence-electron chi connectivity index (χ2n) is 23.7. The molecule has 0 spiro atoms. The number of esters is 5. The van der Waals surface area contributed by atoms with Crippen LogP contribution < -0.4 is 0 Å². The van der Waals surface area contributed by atoms with E-state index in [1.165, 1.54) is 27.2 Å². The van der Waals surface area contributed by atoms with Crippen LogP contribution in [0, 0.1) is 27.6 Å². The average Bonchev–Trinajstić information content (AvgIpc) is 0.845. The van der Waals surface area contributed by atoms with Gasteiger partial charge in [0.15, 0.2) is 0 Å². The first-order valence-corrected chi connectivity index (χ1v) is 35.9. The molecule has 2 saturated heterocycles. The number of hydrogen-bond acceptors (Lipinski definition) is 33. The van der Waals surface area contributed by atoms with Crippen LogP contribution in [0.4, 0.5) is 28.8 Å². The molecule has 4 rings (SSSR count). The first kappa shape index (κ1) is 108. The van der Waals surface area contributed by atoms with Crippen LogP contribution >= 0.6 is 46.4 Å². The van der Waals surface area contributed by atoms with Crippen LogP contribution in [0.5, 0.6) is 0 Å². The van der Waals surface area contributed by atoms with E-state index in [1.54, 1.807) is 37.3 Å². The number of ether oxygens (including phenoxy) is 17. The molecule has 0 aliphatic carbocycles. The van der Waals surface area contributed by atoms with Crippen molar-refractivity contribution in [2.24, 2.45) is 27.6 Å². The third-order valence-electron chi connectivity index (χ3n) is 13.2. The summed E-state index contributed by atoms with van der Waals surface area (Å²) in [6.45, 7) is 6.79. The lowest BCUT2D eigenvalue weighted by Crippen LogP contribution is -2.44. The average molecular weight is 1670 g/mol. The van der Waals surface area contributed by atoms with E-state index in [9.17, 15) is 57.5 Å². The number of Topliss-reactive ketones (excluding diaryl/α,β-unsaturated/α-hetero) is 1. The summed E-state index contributed by atoms with van der Waals surface area (Å²) in [6.07, 6.45) is -1.63. The lowest BCUT2D eigenvalue weighted by molar-refractivity contribution is -0.166.